The summed E-state index contributed by atoms with van der Waals surface area (Å²) in [7, 11) is 0. The molecular formula is C20H22N4O2S. The van der Waals surface area contributed by atoms with Gasteiger partial charge in [0.25, 0.3) is 0 Å². The van der Waals surface area contributed by atoms with E-state index < -0.39 is 0 Å². The molecule has 1 aliphatic rings. The van der Waals surface area contributed by atoms with E-state index in [9.17, 15) is 10.2 Å². The molecule has 27 heavy (non-hydrogen) atoms. The van der Waals surface area contributed by atoms with Crippen LogP contribution in [0.25, 0.3) is 17.1 Å². The minimum Gasteiger partial charge on any atom is -0.508 e. The normalized spacial score (nSPS) is 14.0. The van der Waals surface area contributed by atoms with Crippen LogP contribution in [-0.4, -0.2) is 38.1 Å². The summed E-state index contributed by atoms with van der Waals surface area (Å²) < 4.78 is 2.27. The van der Waals surface area contributed by atoms with Crippen LogP contribution < -0.4 is 4.90 Å². The number of aromatic hydroxyl groups is 2. The Hall–Kier alpha value is -2.80. The van der Waals surface area contributed by atoms with Crippen LogP contribution in [0.1, 0.15) is 25.3 Å². The highest BCUT2D eigenvalue weighted by molar-refractivity contribution is 7.71. The average Bonchev–Trinajstić information content (AvgIpc) is 3.32. The van der Waals surface area contributed by atoms with Gasteiger partial charge >= 0.3 is 0 Å². The molecule has 0 aliphatic carbocycles. The van der Waals surface area contributed by atoms with Crippen LogP contribution in [0.4, 0.5) is 5.69 Å². The summed E-state index contributed by atoms with van der Waals surface area (Å²) in [6.45, 7) is 4.07. The molecule has 0 spiro atoms. The number of nitrogens with zero attached hydrogens (tertiary/aromatic N) is 3. The van der Waals surface area contributed by atoms with Gasteiger partial charge in [0.1, 0.15) is 11.5 Å². The maximum Gasteiger partial charge on any atom is 0.200 e. The molecule has 0 radical (unpaired) electrons. The molecule has 1 aliphatic heterocycles. The molecule has 1 fully saturated rings. The van der Waals surface area contributed by atoms with Gasteiger partial charge < -0.3 is 15.1 Å². The Kier molecular flexibility index (Phi) is 4.61. The van der Waals surface area contributed by atoms with Crippen molar-refractivity contribution in [2.24, 2.45) is 0 Å². The number of hydrogen-bond acceptors (Lipinski definition) is 5. The van der Waals surface area contributed by atoms with E-state index in [0.717, 1.165) is 30.0 Å². The smallest absolute Gasteiger partial charge is 0.200 e. The lowest BCUT2D eigenvalue weighted by molar-refractivity contribution is 0.447. The lowest BCUT2D eigenvalue weighted by Gasteiger charge is -2.19. The Morgan fingerprint density at radius 2 is 1.81 bits per heavy atom. The number of anilines is 1. The molecule has 7 heteroatoms. The highest BCUT2D eigenvalue weighted by atomic mass is 32.1. The second-order valence-corrected chi connectivity index (χ2v) is 7.14. The molecule has 140 valence electrons. The number of aryl methyl sites for hydroxylation is 1. The number of phenolic OH excluding ortho intramolecular Hbond substituents is 2. The quantitative estimate of drug-likeness (QED) is 0.590. The van der Waals surface area contributed by atoms with Crippen LogP contribution in [0, 0.1) is 4.77 Å². The number of phenols is 2. The van der Waals surface area contributed by atoms with Gasteiger partial charge in [0.2, 0.25) is 0 Å². The maximum absolute atomic E-state index is 10.4. The van der Waals surface area contributed by atoms with Gasteiger partial charge in [-0.15, -0.1) is 0 Å². The van der Waals surface area contributed by atoms with E-state index >= 15 is 0 Å². The molecule has 0 saturated carbocycles. The number of hydrogen-bond donors (Lipinski definition) is 3. The summed E-state index contributed by atoms with van der Waals surface area (Å²) in [5.74, 6) is 0.567. The molecule has 2 aromatic carbocycles. The molecule has 0 bridgehead atoms. The Labute approximate surface area is 162 Å². The molecule has 1 saturated heterocycles. The minimum absolute atomic E-state index is 0.0318. The van der Waals surface area contributed by atoms with Crippen LogP contribution in [-0.2, 0) is 6.42 Å². The first-order valence-corrected chi connectivity index (χ1v) is 9.57. The first-order valence-electron chi connectivity index (χ1n) is 9.16. The van der Waals surface area contributed by atoms with Crippen LogP contribution in [0.2, 0.25) is 0 Å². The van der Waals surface area contributed by atoms with Crippen LogP contribution in [0.15, 0.2) is 36.4 Å². The van der Waals surface area contributed by atoms with Crippen molar-refractivity contribution >= 4 is 17.9 Å². The number of nitrogens with one attached hydrogen (secondary N) is 1. The van der Waals surface area contributed by atoms with E-state index in [4.69, 9.17) is 12.2 Å². The van der Waals surface area contributed by atoms with E-state index in [0.29, 0.717) is 22.6 Å². The summed E-state index contributed by atoms with van der Waals surface area (Å²) >= 11 is 5.46. The number of H-pyrrole nitrogens is 1. The van der Waals surface area contributed by atoms with Crippen molar-refractivity contribution in [2.75, 3.05) is 18.0 Å². The van der Waals surface area contributed by atoms with E-state index in [-0.39, 0.29) is 11.5 Å². The van der Waals surface area contributed by atoms with Crippen molar-refractivity contribution in [1.29, 1.82) is 0 Å². The molecule has 0 amide bonds. The van der Waals surface area contributed by atoms with E-state index in [1.165, 1.54) is 18.9 Å². The standard InChI is InChI=1S/C20H22N4O2S/c1-2-13-10-16(18(26)12-17(13)25)19-21-22-20(27)24(19)15-7-5-6-14(11-15)23-8-3-4-9-23/h5-7,10-12,25-26H,2-4,8-9H2,1H3,(H,22,27). The summed E-state index contributed by atoms with van der Waals surface area (Å²) in [6, 6.07) is 11.3. The van der Waals surface area contributed by atoms with Crippen molar-refractivity contribution in [1.82, 2.24) is 14.8 Å². The van der Waals surface area contributed by atoms with Crippen molar-refractivity contribution in [3.05, 3.63) is 46.7 Å². The molecule has 0 unspecified atom stereocenters. The SMILES string of the molecule is CCc1cc(-c2n[nH]c(=S)n2-c2cccc(N3CCCC3)c2)c(O)cc1O. The van der Waals surface area contributed by atoms with Gasteiger partial charge in [0.05, 0.1) is 11.3 Å². The zero-order valence-electron chi connectivity index (χ0n) is 15.1. The number of rotatable bonds is 4. The minimum atomic E-state index is -0.0318. The molecule has 2 heterocycles. The van der Waals surface area contributed by atoms with Crippen LogP contribution in [0.3, 0.4) is 0 Å². The second-order valence-electron chi connectivity index (χ2n) is 6.75. The summed E-state index contributed by atoms with van der Waals surface area (Å²) in [5.41, 5.74) is 3.32. The van der Waals surface area contributed by atoms with Gasteiger partial charge in [-0.1, -0.05) is 13.0 Å². The highest BCUT2D eigenvalue weighted by Crippen LogP contribution is 2.35. The van der Waals surface area contributed by atoms with Crippen molar-refractivity contribution in [3.8, 4) is 28.6 Å². The topological polar surface area (TPSA) is 77.3 Å². The Morgan fingerprint density at radius 1 is 1.07 bits per heavy atom. The fourth-order valence-electron chi connectivity index (χ4n) is 3.61. The highest BCUT2D eigenvalue weighted by Gasteiger charge is 2.18. The Balaban J connectivity index is 1.84. The molecule has 3 N–H and O–H groups in total. The zero-order valence-corrected chi connectivity index (χ0v) is 16.0. The maximum atomic E-state index is 10.4. The van der Waals surface area contributed by atoms with E-state index in [1.807, 2.05) is 23.6 Å². The van der Waals surface area contributed by atoms with E-state index in [1.54, 1.807) is 6.07 Å². The number of benzene rings is 2. The van der Waals surface area contributed by atoms with Crippen molar-refractivity contribution in [2.45, 2.75) is 26.2 Å². The van der Waals surface area contributed by atoms with Gasteiger partial charge in [0, 0.05) is 24.8 Å². The molecule has 4 rings (SSSR count). The second kappa shape index (κ2) is 7.08. The van der Waals surface area contributed by atoms with Gasteiger partial charge in [-0.3, -0.25) is 9.67 Å². The molecule has 6 nitrogen and oxygen atoms in total. The number of aromatic amines is 1. The summed E-state index contributed by atoms with van der Waals surface area (Å²) in [6.07, 6.45) is 3.07. The van der Waals surface area contributed by atoms with Gasteiger partial charge in [-0.25, -0.2) is 0 Å². The lowest BCUT2D eigenvalue weighted by atomic mass is 10.1. The largest absolute Gasteiger partial charge is 0.508 e. The first-order chi connectivity index (χ1) is 13.1. The Morgan fingerprint density at radius 3 is 2.56 bits per heavy atom. The lowest BCUT2D eigenvalue weighted by Crippen LogP contribution is -2.17. The van der Waals surface area contributed by atoms with Crippen LogP contribution >= 0.6 is 12.2 Å². The van der Waals surface area contributed by atoms with Gasteiger partial charge in [0.15, 0.2) is 10.6 Å². The third kappa shape index (κ3) is 3.19. The van der Waals surface area contributed by atoms with E-state index in [2.05, 4.69) is 27.2 Å². The fourth-order valence-corrected chi connectivity index (χ4v) is 3.84. The molecule has 3 aromatic rings. The third-order valence-corrected chi connectivity index (χ3v) is 5.32. The average molecular weight is 382 g/mol. The van der Waals surface area contributed by atoms with Crippen molar-refractivity contribution in [3.63, 3.8) is 0 Å². The molecular weight excluding hydrogens is 360 g/mol. The summed E-state index contributed by atoms with van der Waals surface area (Å²) in [4.78, 5) is 2.36. The predicted molar refractivity (Wildman–Crippen MR) is 108 cm³/mol. The number of aromatic nitrogens is 3. The molecule has 0 atom stereocenters. The zero-order chi connectivity index (χ0) is 19.0. The first kappa shape index (κ1) is 17.6. The molecule has 1 aromatic heterocycles. The van der Waals surface area contributed by atoms with Gasteiger partial charge in [-0.05, 0) is 61.3 Å². The summed E-state index contributed by atoms with van der Waals surface area (Å²) in [5, 5.41) is 27.6. The van der Waals surface area contributed by atoms with Gasteiger partial charge in [-0.2, -0.15) is 5.10 Å². The third-order valence-electron chi connectivity index (χ3n) is 5.05. The fraction of sp³-hybridized carbons (Fsp3) is 0.300. The van der Waals surface area contributed by atoms with Crippen molar-refractivity contribution < 1.29 is 10.2 Å². The van der Waals surface area contributed by atoms with Crippen LogP contribution in [0.5, 0.6) is 11.5 Å². The predicted octanol–water partition coefficient (Wildman–Crippen LogP) is 4.17. The monoisotopic (exact) mass is 382 g/mol. The Bertz CT molecular complexity index is 1030.